The first-order valence-corrected chi connectivity index (χ1v) is 20.8. The highest BCUT2D eigenvalue weighted by atomic mass is 16.3. The minimum atomic E-state index is -0.507. The monoisotopic (exact) mass is 675 g/mol. The lowest BCUT2D eigenvalue weighted by Gasteiger charge is -2.28. The zero-order valence-electron chi connectivity index (χ0n) is 32.6. The number of nitrogens with zero attached hydrogens (tertiary/aromatic N) is 1. The number of unbranched alkanes of at least 4 members (excludes halogenated alkanes) is 22. The van der Waals surface area contributed by atoms with Crippen LogP contribution in [-0.2, 0) is 9.59 Å². The van der Waals surface area contributed by atoms with Crippen LogP contribution in [0.3, 0.4) is 0 Å². The second-order valence-corrected chi connectivity index (χ2v) is 14.6. The summed E-state index contributed by atoms with van der Waals surface area (Å²) in [4.78, 5) is 28.9. The third kappa shape index (κ3) is 30.7. The van der Waals surface area contributed by atoms with Crippen molar-refractivity contribution in [1.29, 1.82) is 0 Å². The summed E-state index contributed by atoms with van der Waals surface area (Å²) >= 11 is 0. The number of carbonyl (C=O) groups is 2. The van der Waals surface area contributed by atoms with E-state index in [1.807, 2.05) is 19.0 Å². The average molecular weight is 675 g/mol. The van der Waals surface area contributed by atoms with Crippen molar-refractivity contribution < 1.29 is 14.7 Å². The van der Waals surface area contributed by atoms with E-state index in [2.05, 4.69) is 43.5 Å². The highest BCUT2D eigenvalue weighted by molar-refractivity contribution is 5.92. The Hall–Kier alpha value is -1.30. The molecule has 2 N–H and O–H groups in total. The van der Waals surface area contributed by atoms with Gasteiger partial charge in [0.05, 0.1) is 18.6 Å². The van der Waals surface area contributed by atoms with Crippen LogP contribution in [0.1, 0.15) is 194 Å². The molecule has 0 spiro atoms. The average Bonchev–Trinajstić information content (AvgIpc) is 3.07. The van der Waals surface area contributed by atoms with E-state index < -0.39 is 6.04 Å². The fraction of sp³-hybridized carbons (Fsp3) is 0.860. The van der Waals surface area contributed by atoms with Gasteiger partial charge < -0.3 is 15.3 Å². The van der Waals surface area contributed by atoms with E-state index in [9.17, 15) is 14.7 Å². The van der Waals surface area contributed by atoms with E-state index >= 15 is 0 Å². The smallest absolute Gasteiger partial charge is 0.150 e. The van der Waals surface area contributed by atoms with Crippen LogP contribution in [0.4, 0.5) is 0 Å². The number of rotatable bonds is 38. The van der Waals surface area contributed by atoms with Crippen LogP contribution >= 0.6 is 0 Å². The molecule has 0 aliphatic heterocycles. The standard InChI is InChI=1S/C43H82N2O3/c1-5-7-9-11-13-15-17-19-21-23-25-27-29-31-33-35-41(47)40(39-45(3)4)43(44-37-38-46)42(48)36-34-32-30-28-26-24-22-20-18-16-14-12-10-8-6-2/h19-22,40,43-44,46H,5-18,23-39H2,1-4H3/b21-19-,22-20-/t40?,43-/m1/s1. The van der Waals surface area contributed by atoms with Crippen molar-refractivity contribution in [1.82, 2.24) is 10.2 Å². The minimum Gasteiger partial charge on any atom is -0.395 e. The van der Waals surface area contributed by atoms with Gasteiger partial charge in [-0.1, -0.05) is 141 Å². The van der Waals surface area contributed by atoms with E-state index in [-0.39, 0.29) is 24.1 Å². The Labute approximate surface area is 299 Å². The molecule has 1 unspecified atom stereocenters. The van der Waals surface area contributed by atoms with Crippen molar-refractivity contribution in [2.24, 2.45) is 5.92 Å². The highest BCUT2D eigenvalue weighted by Crippen LogP contribution is 2.18. The van der Waals surface area contributed by atoms with Gasteiger partial charge in [-0.3, -0.25) is 9.59 Å². The topological polar surface area (TPSA) is 69.6 Å². The molecule has 0 aromatic rings. The van der Waals surface area contributed by atoms with Gasteiger partial charge in [0.25, 0.3) is 0 Å². The highest BCUT2D eigenvalue weighted by Gasteiger charge is 2.32. The van der Waals surface area contributed by atoms with Gasteiger partial charge in [-0.25, -0.2) is 0 Å². The predicted octanol–water partition coefficient (Wildman–Crippen LogP) is 11.3. The molecular formula is C43H82N2O3. The van der Waals surface area contributed by atoms with Gasteiger partial charge in [0.15, 0.2) is 5.78 Å². The summed E-state index contributed by atoms with van der Waals surface area (Å²) in [6, 6.07) is -0.507. The molecule has 0 amide bonds. The van der Waals surface area contributed by atoms with Gasteiger partial charge >= 0.3 is 0 Å². The largest absolute Gasteiger partial charge is 0.395 e. The molecule has 0 radical (unpaired) electrons. The summed E-state index contributed by atoms with van der Waals surface area (Å²) in [5, 5.41) is 12.7. The van der Waals surface area contributed by atoms with E-state index in [4.69, 9.17) is 0 Å². The zero-order chi connectivity index (χ0) is 35.3. The van der Waals surface area contributed by atoms with Crippen molar-refractivity contribution in [2.45, 2.75) is 200 Å². The molecule has 282 valence electrons. The summed E-state index contributed by atoms with van der Waals surface area (Å²) < 4.78 is 0. The molecule has 0 aromatic carbocycles. The second kappa shape index (κ2) is 37.0. The maximum Gasteiger partial charge on any atom is 0.150 e. The Bertz CT molecular complexity index is 763. The SMILES string of the molecule is CCCCCCCC/C=C\CCCCCCCC(=O)C(CN(C)C)[C@@H](NCCO)C(=O)CCCCCCC/C=C\CCCCCCCC. The second-order valence-electron chi connectivity index (χ2n) is 14.6. The Morgan fingerprint density at radius 1 is 0.542 bits per heavy atom. The van der Waals surface area contributed by atoms with Crippen molar-refractivity contribution in [3.63, 3.8) is 0 Å². The van der Waals surface area contributed by atoms with Crippen LogP contribution in [0.25, 0.3) is 0 Å². The summed E-state index contributed by atoms with van der Waals surface area (Å²) in [5.41, 5.74) is 0. The number of Topliss-reactive ketones (excluding diaryl/α,β-unsaturated/α-hetero) is 2. The lowest BCUT2D eigenvalue weighted by Crippen LogP contribution is -2.50. The lowest BCUT2D eigenvalue weighted by atomic mass is 9.87. The van der Waals surface area contributed by atoms with Crippen molar-refractivity contribution >= 4 is 11.6 Å². The number of carbonyl (C=O) groups excluding carboxylic acids is 2. The Balaban J connectivity index is 4.31. The predicted molar refractivity (Wildman–Crippen MR) is 210 cm³/mol. The van der Waals surface area contributed by atoms with Crippen molar-refractivity contribution in [2.75, 3.05) is 33.8 Å². The van der Waals surface area contributed by atoms with E-state index in [1.165, 1.54) is 116 Å². The van der Waals surface area contributed by atoms with Crippen molar-refractivity contribution in [3.05, 3.63) is 24.3 Å². The zero-order valence-corrected chi connectivity index (χ0v) is 32.6. The Kier molecular flexibility index (Phi) is 36.0. The number of hydrogen-bond acceptors (Lipinski definition) is 5. The maximum atomic E-state index is 13.4. The number of aliphatic hydroxyl groups excluding tert-OH is 1. The molecule has 0 heterocycles. The van der Waals surface area contributed by atoms with Crippen molar-refractivity contribution in [3.8, 4) is 0 Å². The first-order valence-electron chi connectivity index (χ1n) is 20.8. The van der Waals surface area contributed by atoms with Gasteiger partial charge in [0.2, 0.25) is 0 Å². The van der Waals surface area contributed by atoms with Gasteiger partial charge in [-0.05, 0) is 78.3 Å². The number of allylic oxidation sites excluding steroid dienone is 4. The number of nitrogens with one attached hydrogen (secondary N) is 1. The summed E-state index contributed by atoms with van der Waals surface area (Å²) in [7, 11) is 3.94. The number of aliphatic hydroxyl groups is 1. The van der Waals surface area contributed by atoms with Gasteiger partial charge in [-0.15, -0.1) is 0 Å². The molecule has 0 rings (SSSR count). The molecule has 0 saturated carbocycles. The molecule has 0 saturated heterocycles. The molecule has 2 atom stereocenters. The summed E-state index contributed by atoms with van der Waals surface area (Å²) in [5.74, 6) is -0.0422. The summed E-state index contributed by atoms with van der Waals surface area (Å²) in [6.07, 6.45) is 42.6. The molecule has 48 heavy (non-hydrogen) atoms. The molecule has 5 nitrogen and oxygen atoms in total. The molecular weight excluding hydrogens is 592 g/mol. The van der Waals surface area contributed by atoms with Gasteiger partial charge in [-0.2, -0.15) is 0 Å². The molecule has 5 heteroatoms. The molecule has 0 aliphatic carbocycles. The van der Waals surface area contributed by atoms with E-state index in [0.717, 1.165) is 51.4 Å². The molecule has 0 bridgehead atoms. The van der Waals surface area contributed by atoms with Crippen LogP contribution in [0.15, 0.2) is 24.3 Å². The van der Waals surface area contributed by atoms with E-state index in [0.29, 0.717) is 25.9 Å². The third-order valence-electron chi connectivity index (χ3n) is 9.57. The first-order chi connectivity index (χ1) is 23.5. The summed E-state index contributed by atoms with van der Waals surface area (Å²) in [6.45, 7) is 5.40. The normalized spacial score (nSPS) is 13.3. The molecule has 0 fully saturated rings. The maximum absolute atomic E-state index is 13.4. The van der Waals surface area contributed by atoms with Crippen LogP contribution in [0.2, 0.25) is 0 Å². The Morgan fingerprint density at radius 2 is 0.896 bits per heavy atom. The van der Waals surface area contributed by atoms with Gasteiger partial charge in [0.1, 0.15) is 5.78 Å². The first kappa shape index (κ1) is 46.7. The number of hydrogen-bond donors (Lipinski definition) is 2. The molecule has 0 aliphatic rings. The third-order valence-corrected chi connectivity index (χ3v) is 9.57. The quantitative estimate of drug-likeness (QED) is 0.0504. The fourth-order valence-corrected chi connectivity index (χ4v) is 6.57. The minimum absolute atomic E-state index is 0.0334. The fourth-order valence-electron chi connectivity index (χ4n) is 6.57. The lowest BCUT2D eigenvalue weighted by molar-refractivity contribution is -0.131. The number of ketones is 2. The van der Waals surface area contributed by atoms with Crippen LogP contribution in [-0.4, -0.2) is 61.4 Å². The Morgan fingerprint density at radius 3 is 1.27 bits per heavy atom. The molecule has 0 aromatic heterocycles. The van der Waals surface area contributed by atoms with Crippen LogP contribution in [0, 0.1) is 5.92 Å². The van der Waals surface area contributed by atoms with E-state index in [1.54, 1.807) is 0 Å². The van der Waals surface area contributed by atoms with Crippen LogP contribution < -0.4 is 5.32 Å². The van der Waals surface area contributed by atoms with Gasteiger partial charge in [0, 0.05) is 25.9 Å². The van der Waals surface area contributed by atoms with Crippen LogP contribution in [0.5, 0.6) is 0 Å².